The summed E-state index contributed by atoms with van der Waals surface area (Å²) < 4.78 is 0. The van der Waals surface area contributed by atoms with Gasteiger partial charge in [-0.3, -0.25) is 14.5 Å². The van der Waals surface area contributed by atoms with Crippen molar-refractivity contribution in [2.75, 3.05) is 26.2 Å². The van der Waals surface area contributed by atoms with Gasteiger partial charge in [0.1, 0.15) is 0 Å². The Morgan fingerprint density at radius 3 is 2.61 bits per heavy atom. The van der Waals surface area contributed by atoms with Crippen molar-refractivity contribution in [2.24, 2.45) is 0 Å². The molecule has 1 saturated heterocycles. The molecule has 1 heterocycles. The van der Waals surface area contributed by atoms with Gasteiger partial charge >= 0.3 is 11.8 Å². The summed E-state index contributed by atoms with van der Waals surface area (Å²) in [5, 5.41) is 6.07. The average Bonchev–Trinajstić information content (AvgIpc) is 3.01. The van der Waals surface area contributed by atoms with Gasteiger partial charge in [0.05, 0.1) is 0 Å². The van der Waals surface area contributed by atoms with E-state index in [1.807, 2.05) is 24.3 Å². The van der Waals surface area contributed by atoms with Gasteiger partial charge in [-0.25, -0.2) is 0 Å². The van der Waals surface area contributed by atoms with E-state index in [1.54, 1.807) is 0 Å². The highest BCUT2D eigenvalue weighted by molar-refractivity contribution is 6.35. The minimum Gasteiger partial charge on any atom is -0.348 e. The normalized spacial score (nSPS) is 17.9. The first-order valence-electron chi connectivity index (χ1n) is 8.14. The Hall–Kier alpha value is -1.59. The molecule has 1 atom stereocenters. The molecule has 0 bridgehead atoms. The summed E-state index contributed by atoms with van der Waals surface area (Å²) in [5.41, 5.74) is 1.07. The standard InChI is InChI=1S/C17H24ClN3O2/c1-2-21-11-3-4-15(21)12-20-17(23)16(22)19-10-9-13-5-7-14(18)8-6-13/h5-8,15H,2-4,9-12H2,1H3,(H,19,22)(H,20,23)/t15-/m1/s1. The van der Waals surface area contributed by atoms with Crippen LogP contribution in [-0.4, -0.2) is 48.9 Å². The van der Waals surface area contributed by atoms with E-state index >= 15 is 0 Å². The second kappa shape index (κ2) is 8.89. The van der Waals surface area contributed by atoms with Crippen molar-refractivity contribution < 1.29 is 9.59 Å². The van der Waals surface area contributed by atoms with E-state index in [9.17, 15) is 9.59 Å². The summed E-state index contributed by atoms with van der Waals surface area (Å²) in [6, 6.07) is 7.80. The monoisotopic (exact) mass is 337 g/mol. The summed E-state index contributed by atoms with van der Waals surface area (Å²) in [5.74, 6) is -1.12. The van der Waals surface area contributed by atoms with Gasteiger partial charge in [0.25, 0.3) is 0 Å². The molecule has 2 amide bonds. The number of carbonyl (C=O) groups is 2. The largest absolute Gasteiger partial charge is 0.348 e. The number of nitrogens with zero attached hydrogens (tertiary/aromatic N) is 1. The van der Waals surface area contributed by atoms with Gasteiger partial charge in [-0.05, 0) is 50.0 Å². The molecule has 0 aromatic heterocycles. The molecule has 0 aliphatic carbocycles. The average molecular weight is 338 g/mol. The predicted molar refractivity (Wildman–Crippen MR) is 91.4 cm³/mol. The lowest BCUT2D eigenvalue weighted by Gasteiger charge is -2.22. The van der Waals surface area contributed by atoms with Gasteiger partial charge in [0.15, 0.2) is 0 Å². The number of carbonyl (C=O) groups excluding carboxylic acids is 2. The fraction of sp³-hybridized carbons (Fsp3) is 0.529. The van der Waals surface area contributed by atoms with Gasteiger partial charge in [-0.2, -0.15) is 0 Å². The summed E-state index contributed by atoms with van der Waals surface area (Å²) in [6.07, 6.45) is 2.90. The highest BCUT2D eigenvalue weighted by atomic mass is 35.5. The Balaban J connectivity index is 1.66. The lowest BCUT2D eigenvalue weighted by Crippen LogP contribution is -2.45. The van der Waals surface area contributed by atoms with Crippen molar-refractivity contribution in [1.82, 2.24) is 15.5 Å². The number of hydrogen-bond donors (Lipinski definition) is 2. The molecule has 0 unspecified atom stereocenters. The Morgan fingerprint density at radius 1 is 1.22 bits per heavy atom. The van der Waals surface area contributed by atoms with Crippen LogP contribution in [0.25, 0.3) is 0 Å². The molecule has 1 aliphatic heterocycles. The minimum atomic E-state index is -0.569. The lowest BCUT2D eigenvalue weighted by atomic mass is 10.1. The minimum absolute atomic E-state index is 0.353. The second-order valence-electron chi connectivity index (χ2n) is 5.77. The molecular weight excluding hydrogens is 314 g/mol. The van der Waals surface area contributed by atoms with E-state index in [0.717, 1.165) is 31.5 Å². The van der Waals surface area contributed by atoms with Crippen molar-refractivity contribution >= 4 is 23.4 Å². The van der Waals surface area contributed by atoms with Crippen LogP contribution in [0.3, 0.4) is 0 Å². The molecule has 0 spiro atoms. The van der Waals surface area contributed by atoms with Crippen molar-refractivity contribution in [2.45, 2.75) is 32.2 Å². The molecule has 126 valence electrons. The Morgan fingerprint density at radius 2 is 1.91 bits per heavy atom. The van der Waals surface area contributed by atoms with E-state index in [-0.39, 0.29) is 0 Å². The molecule has 1 fully saturated rings. The van der Waals surface area contributed by atoms with E-state index in [0.29, 0.717) is 30.6 Å². The van der Waals surface area contributed by atoms with E-state index in [4.69, 9.17) is 11.6 Å². The number of rotatable bonds is 6. The molecular formula is C17H24ClN3O2. The fourth-order valence-corrected chi connectivity index (χ4v) is 3.01. The van der Waals surface area contributed by atoms with Crippen LogP contribution in [0.15, 0.2) is 24.3 Å². The Labute approximate surface area is 142 Å². The summed E-state index contributed by atoms with van der Waals surface area (Å²) in [4.78, 5) is 25.9. The zero-order chi connectivity index (χ0) is 16.7. The molecule has 6 heteroatoms. The number of amides is 2. The topological polar surface area (TPSA) is 61.4 Å². The highest BCUT2D eigenvalue weighted by Crippen LogP contribution is 2.15. The third-order valence-corrected chi connectivity index (χ3v) is 4.47. The van der Waals surface area contributed by atoms with Crippen LogP contribution in [0.5, 0.6) is 0 Å². The van der Waals surface area contributed by atoms with Crippen LogP contribution in [0.1, 0.15) is 25.3 Å². The van der Waals surface area contributed by atoms with Crippen molar-refractivity contribution in [3.8, 4) is 0 Å². The quantitative estimate of drug-likeness (QED) is 0.775. The van der Waals surface area contributed by atoms with Crippen LogP contribution < -0.4 is 10.6 Å². The zero-order valence-corrected chi connectivity index (χ0v) is 14.2. The van der Waals surface area contributed by atoms with Crippen LogP contribution in [0.4, 0.5) is 0 Å². The number of halogens is 1. The van der Waals surface area contributed by atoms with Gasteiger partial charge in [0, 0.05) is 24.2 Å². The number of hydrogen-bond acceptors (Lipinski definition) is 3. The summed E-state index contributed by atoms with van der Waals surface area (Å²) in [7, 11) is 0. The molecule has 5 nitrogen and oxygen atoms in total. The molecule has 2 N–H and O–H groups in total. The second-order valence-corrected chi connectivity index (χ2v) is 6.20. The third-order valence-electron chi connectivity index (χ3n) is 4.22. The van der Waals surface area contributed by atoms with Crippen LogP contribution in [-0.2, 0) is 16.0 Å². The van der Waals surface area contributed by atoms with Gasteiger partial charge in [-0.15, -0.1) is 0 Å². The SMILES string of the molecule is CCN1CCC[C@@H]1CNC(=O)C(=O)NCCc1ccc(Cl)cc1. The number of benzene rings is 1. The van der Waals surface area contributed by atoms with Crippen molar-refractivity contribution in [3.63, 3.8) is 0 Å². The molecule has 0 radical (unpaired) electrons. The molecule has 1 aliphatic rings. The highest BCUT2D eigenvalue weighted by Gasteiger charge is 2.24. The maximum absolute atomic E-state index is 11.8. The smallest absolute Gasteiger partial charge is 0.309 e. The van der Waals surface area contributed by atoms with Gasteiger partial charge in [-0.1, -0.05) is 30.7 Å². The fourth-order valence-electron chi connectivity index (χ4n) is 2.89. The lowest BCUT2D eigenvalue weighted by molar-refractivity contribution is -0.139. The Kier molecular flexibility index (Phi) is 6.86. The zero-order valence-electron chi connectivity index (χ0n) is 13.5. The van der Waals surface area contributed by atoms with Crippen LogP contribution in [0, 0.1) is 0 Å². The Bertz CT molecular complexity index is 533. The number of nitrogens with one attached hydrogen (secondary N) is 2. The van der Waals surface area contributed by atoms with Gasteiger partial charge in [0.2, 0.25) is 0 Å². The van der Waals surface area contributed by atoms with E-state index in [2.05, 4.69) is 22.5 Å². The number of likely N-dealkylation sites (N-methyl/N-ethyl adjacent to an activating group) is 1. The van der Waals surface area contributed by atoms with Crippen molar-refractivity contribution in [1.29, 1.82) is 0 Å². The summed E-state index contributed by atoms with van der Waals surface area (Å²) >= 11 is 5.82. The van der Waals surface area contributed by atoms with Crippen LogP contribution >= 0.6 is 11.6 Å². The molecule has 23 heavy (non-hydrogen) atoms. The van der Waals surface area contributed by atoms with Crippen molar-refractivity contribution in [3.05, 3.63) is 34.9 Å². The molecule has 0 saturated carbocycles. The maximum Gasteiger partial charge on any atom is 0.309 e. The van der Waals surface area contributed by atoms with E-state index in [1.165, 1.54) is 0 Å². The van der Waals surface area contributed by atoms with Gasteiger partial charge < -0.3 is 10.6 Å². The third kappa shape index (κ3) is 5.52. The molecule has 2 rings (SSSR count). The summed E-state index contributed by atoms with van der Waals surface area (Å²) in [6.45, 7) is 5.14. The predicted octanol–water partition coefficient (Wildman–Crippen LogP) is 1.60. The number of likely N-dealkylation sites (tertiary alicyclic amines) is 1. The maximum atomic E-state index is 11.8. The first-order valence-corrected chi connectivity index (χ1v) is 8.52. The van der Waals surface area contributed by atoms with E-state index < -0.39 is 11.8 Å². The molecule has 1 aromatic carbocycles. The van der Waals surface area contributed by atoms with Crippen LogP contribution in [0.2, 0.25) is 5.02 Å². The molecule has 1 aromatic rings. The first-order chi connectivity index (χ1) is 11.1. The first kappa shape index (κ1) is 17.8.